The topological polar surface area (TPSA) is 67.9 Å². The van der Waals surface area contributed by atoms with Gasteiger partial charge in [0.2, 0.25) is 5.91 Å². The highest BCUT2D eigenvalue weighted by molar-refractivity contribution is 5.78. The molecule has 6 nitrogen and oxygen atoms in total. The van der Waals surface area contributed by atoms with Gasteiger partial charge in [0.25, 0.3) is 0 Å². The van der Waals surface area contributed by atoms with Crippen molar-refractivity contribution < 1.29 is 19.1 Å². The van der Waals surface area contributed by atoms with E-state index in [9.17, 15) is 9.59 Å². The van der Waals surface area contributed by atoms with Crippen LogP contribution in [0.25, 0.3) is 0 Å². The zero-order valence-corrected chi connectivity index (χ0v) is 16.5. The largest absolute Gasteiger partial charge is 0.450 e. The third kappa shape index (κ3) is 4.16. The summed E-state index contributed by atoms with van der Waals surface area (Å²) >= 11 is 0. The lowest BCUT2D eigenvalue weighted by atomic mass is 9.71. The average Bonchev–Trinajstić information content (AvgIpc) is 2.62. The summed E-state index contributed by atoms with van der Waals surface area (Å²) < 4.78 is 11.8. The number of carbonyl (C=O) groups is 2. The number of ether oxygens (including phenoxy) is 2. The fraction of sp³-hybridized carbons (Fsp3) is 0.900. The van der Waals surface area contributed by atoms with Gasteiger partial charge in [0.05, 0.1) is 18.3 Å². The number of nitrogens with zero attached hydrogens (tertiary/aromatic N) is 1. The predicted molar refractivity (Wildman–Crippen MR) is 98.8 cm³/mol. The quantitative estimate of drug-likeness (QED) is 0.833. The smallest absolute Gasteiger partial charge is 0.409 e. The van der Waals surface area contributed by atoms with Crippen LogP contribution in [0.3, 0.4) is 0 Å². The summed E-state index contributed by atoms with van der Waals surface area (Å²) in [6, 6.07) is 0.193. The molecule has 1 N–H and O–H groups in total. The Bertz CT molecular complexity index is 514. The van der Waals surface area contributed by atoms with E-state index in [1.54, 1.807) is 4.90 Å². The van der Waals surface area contributed by atoms with Crippen LogP contribution >= 0.6 is 0 Å². The van der Waals surface area contributed by atoms with E-state index < -0.39 is 0 Å². The Hall–Kier alpha value is -1.30. The zero-order chi connectivity index (χ0) is 18.7. The first-order chi connectivity index (χ1) is 12.4. The first-order valence-corrected chi connectivity index (χ1v) is 10.3. The molecule has 2 amide bonds. The van der Waals surface area contributed by atoms with Crippen LogP contribution in [0.5, 0.6) is 0 Å². The molecular weight excluding hydrogens is 332 g/mol. The number of rotatable bonds is 3. The average molecular weight is 367 g/mol. The van der Waals surface area contributed by atoms with E-state index in [1.165, 1.54) is 12.8 Å². The summed E-state index contributed by atoms with van der Waals surface area (Å²) in [6.45, 7) is 7.46. The van der Waals surface area contributed by atoms with E-state index >= 15 is 0 Å². The lowest BCUT2D eigenvalue weighted by molar-refractivity contribution is -0.192. The van der Waals surface area contributed by atoms with Crippen LogP contribution in [0.2, 0.25) is 0 Å². The number of piperidine rings is 1. The van der Waals surface area contributed by atoms with Gasteiger partial charge in [0.1, 0.15) is 0 Å². The number of hydrogen-bond donors (Lipinski definition) is 1. The Kier molecular flexibility index (Phi) is 6.10. The molecule has 26 heavy (non-hydrogen) atoms. The molecule has 0 radical (unpaired) electrons. The van der Waals surface area contributed by atoms with Crippen LogP contribution in [0.15, 0.2) is 0 Å². The van der Waals surface area contributed by atoms with Crippen molar-refractivity contribution in [2.45, 2.75) is 83.5 Å². The minimum absolute atomic E-state index is 0.00139. The Balaban J connectivity index is 1.68. The Morgan fingerprint density at radius 3 is 2.58 bits per heavy atom. The molecule has 2 aliphatic heterocycles. The van der Waals surface area contributed by atoms with Gasteiger partial charge >= 0.3 is 6.09 Å². The van der Waals surface area contributed by atoms with Gasteiger partial charge in [-0.2, -0.15) is 0 Å². The van der Waals surface area contributed by atoms with E-state index in [-0.39, 0.29) is 35.7 Å². The number of carbonyl (C=O) groups excluding carboxylic acids is 2. The normalized spacial score (nSPS) is 30.8. The Morgan fingerprint density at radius 2 is 1.92 bits per heavy atom. The first-order valence-electron chi connectivity index (χ1n) is 10.3. The standard InChI is InChI=1S/C20H34N2O4/c1-4-25-19(24)22-11-9-20(10-12-22)13-16(21-18(23)14(2)3)15-7-5-6-8-17(15)26-20/h14-17H,4-13H2,1-3H3,(H,21,23)/t15-,16+,17+/m0/s1. The molecule has 1 spiro atoms. The summed E-state index contributed by atoms with van der Waals surface area (Å²) in [4.78, 5) is 26.1. The molecule has 0 aromatic heterocycles. The molecule has 3 aliphatic rings. The van der Waals surface area contributed by atoms with Crippen molar-refractivity contribution in [2.24, 2.45) is 11.8 Å². The number of hydrogen-bond acceptors (Lipinski definition) is 4. The molecule has 148 valence electrons. The molecule has 1 saturated carbocycles. The Morgan fingerprint density at radius 1 is 1.23 bits per heavy atom. The second-order valence-electron chi connectivity index (χ2n) is 8.45. The van der Waals surface area contributed by atoms with E-state index in [4.69, 9.17) is 9.47 Å². The van der Waals surface area contributed by atoms with Crippen molar-refractivity contribution in [1.82, 2.24) is 10.2 Å². The first kappa shape index (κ1) is 19.5. The second-order valence-corrected chi connectivity index (χ2v) is 8.45. The van der Waals surface area contributed by atoms with Gasteiger partial charge in [-0.1, -0.05) is 26.7 Å². The van der Waals surface area contributed by atoms with E-state index in [0.717, 1.165) is 32.1 Å². The van der Waals surface area contributed by atoms with Crippen molar-refractivity contribution in [3.8, 4) is 0 Å². The van der Waals surface area contributed by atoms with Gasteiger partial charge in [-0.15, -0.1) is 0 Å². The third-order valence-electron chi connectivity index (χ3n) is 6.32. The molecule has 1 aliphatic carbocycles. The number of nitrogens with one attached hydrogen (secondary N) is 1. The number of likely N-dealkylation sites (tertiary alicyclic amines) is 1. The minimum Gasteiger partial charge on any atom is -0.450 e. The summed E-state index contributed by atoms with van der Waals surface area (Å²) in [7, 11) is 0. The van der Waals surface area contributed by atoms with Gasteiger partial charge < -0.3 is 19.7 Å². The lowest BCUT2D eigenvalue weighted by Gasteiger charge is -2.53. The maximum absolute atomic E-state index is 12.3. The van der Waals surface area contributed by atoms with E-state index in [1.807, 2.05) is 20.8 Å². The fourth-order valence-electron chi connectivity index (χ4n) is 4.79. The van der Waals surface area contributed by atoms with Crippen molar-refractivity contribution in [2.75, 3.05) is 19.7 Å². The molecule has 0 aromatic carbocycles. The van der Waals surface area contributed by atoms with Crippen LogP contribution in [0.1, 0.15) is 65.7 Å². The maximum Gasteiger partial charge on any atom is 0.409 e. The molecular formula is C20H34N2O4. The molecule has 6 heteroatoms. The molecule has 2 heterocycles. The van der Waals surface area contributed by atoms with Crippen LogP contribution in [-0.2, 0) is 14.3 Å². The SMILES string of the molecule is CCOC(=O)N1CCC2(CC1)C[C@@H](NC(=O)C(C)C)[C@@H]1CCCC[C@H]1O2. The second kappa shape index (κ2) is 8.15. The molecule has 3 atom stereocenters. The molecule has 2 saturated heterocycles. The van der Waals surface area contributed by atoms with Crippen LogP contribution in [0.4, 0.5) is 4.79 Å². The zero-order valence-electron chi connectivity index (χ0n) is 16.5. The summed E-state index contributed by atoms with van der Waals surface area (Å²) in [5.41, 5.74) is -0.212. The molecule has 0 bridgehead atoms. The van der Waals surface area contributed by atoms with Crippen molar-refractivity contribution in [3.63, 3.8) is 0 Å². The van der Waals surface area contributed by atoms with Gasteiger partial charge in [-0.05, 0) is 39.0 Å². The number of fused-ring (bicyclic) bond motifs is 1. The van der Waals surface area contributed by atoms with E-state index in [0.29, 0.717) is 25.6 Å². The lowest BCUT2D eigenvalue weighted by Crippen LogP contribution is -2.61. The molecule has 3 fully saturated rings. The Labute approximate surface area is 157 Å². The summed E-state index contributed by atoms with van der Waals surface area (Å²) in [5, 5.41) is 3.32. The van der Waals surface area contributed by atoms with Crippen LogP contribution < -0.4 is 5.32 Å². The maximum atomic E-state index is 12.3. The van der Waals surface area contributed by atoms with Gasteiger partial charge in [0, 0.05) is 31.0 Å². The third-order valence-corrected chi connectivity index (χ3v) is 6.32. The monoisotopic (exact) mass is 366 g/mol. The highest BCUT2D eigenvalue weighted by Crippen LogP contribution is 2.44. The van der Waals surface area contributed by atoms with Crippen molar-refractivity contribution >= 4 is 12.0 Å². The molecule has 0 unspecified atom stereocenters. The van der Waals surface area contributed by atoms with E-state index in [2.05, 4.69) is 5.32 Å². The van der Waals surface area contributed by atoms with Crippen molar-refractivity contribution in [1.29, 1.82) is 0 Å². The number of amides is 2. The van der Waals surface area contributed by atoms with Gasteiger partial charge in [-0.3, -0.25) is 4.79 Å². The highest BCUT2D eigenvalue weighted by Gasteiger charge is 2.49. The minimum atomic E-state index is -0.224. The van der Waals surface area contributed by atoms with Crippen molar-refractivity contribution in [3.05, 3.63) is 0 Å². The van der Waals surface area contributed by atoms with Crippen LogP contribution in [-0.4, -0.2) is 54.3 Å². The van der Waals surface area contributed by atoms with Gasteiger partial charge in [-0.25, -0.2) is 4.79 Å². The predicted octanol–water partition coefficient (Wildman–Crippen LogP) is 3.10. The molecule has 3 rings (SSSR count). The summed E-state index contributed by atoms with van der Waals surface area (Å²) in [5.74, 6) is 0.571. The van der Waals surface area contributed by atoms with Gasteiger partial charge in [0.15, 0.2) is 0 Å². The fourth-order valence-corrected chi connectivity index (χ4v) is 4.79. The van der Waals surface area contributed by atoms with Crippen LogP contribution in [0, 0.1) is 11.8 Å². The molecule has 0 aromatic rings. The highest BCUT2D eigenvalue weighted by atomic mass is 16.6. The summed E-state index contributed by atoms with van der Waals surface area (Å²) in [6.07, 6.45) is 7.18.